The molecule has 2 rings (SSSR count). The predicted molar refractivity (Wildman–Crippen MR) is 84.1 cm³/mol. The zero-order valence-corrected chi connectivity index (χ0v) is 12.6. The number of aryl methyl sites for hydroxylation is 1. The molecule has 124 valence electrons. The average Bonchev–Trinajstić information content (AvgIpc) is 2.54. The van der Waals surface area contributed by atoms with Crippen LogP contribution < -0.4 is 5.32 Å². The summed E-state index contributed by atoms with van der Waals surface area (Å²) < 4.78 is 13.9. The van der Waals surface area contributed by atoms with Gasteiger partial charge in [-0.05, 0) is 43.4 Å². The van der Waals surface area contributed by atoms with Gasteiger partial charge in [-0.15, -0.1) is 0 Å². The highest BCUT2D eigenvalue weighted by Gasteiger charge is 2.21. The Balaban J connectivity index is 2.10. The predicted octanol–water partition coefficient (Wildman–Crippen LogP) is 1.65. The molecule has 1 aromatic carbocycles. The lowest BCUT2D eigenvalue weighted by Crippen LogP contribution is -2.23. The van der Waals surface area contributed by atoms with E-state index in [0.717, 1.165) is 0 Å². The Kier molecular flexibility index (Phi) is 6.04. The van der Waals surface area contributed by atoms with Crippen LogP contribution >= 0.6 is 0 Å². The molecule has 0 radical (unpaired) electrons. The number of carbonyl (C=O) groups excluding carboxylic acids is 1. The van der Waals surface area contributed by atoms with Crippen molar-refractivity contribution >= 4 is 11.6 Å². The van der Waals surface area contributed by atoms with Gasteiger partial charge in [0.25, 0.3) is 5.91 Å². The van der Waals surface area contributed by atoms with Gasteiger partial charge in [-0.2, -0.15) is 0 Å². The molecule has 0 heterocycles. The molecule has 1 aliphatic carbocycles. The van der Waals surface area contributed by atoms with E-state index in [1.165, 1.54) is 6.07 Å². The number of carbonyl (C=O) groups is 1. The van der Waals surface area contributed by atoms with Gasteiger partial charge in [0.05, 0.1) is 0 Å². The first-order chi connectivity index (χ1) is 11.0. The van der Waals surface area contributed by atoms with Gasteiger partial charge in [-0.1, -0.05) is 18.2 Å². The van der Waals surface area contributed by atoms with E-state index in [9.17, 15) is 19.4 Å². The van der Waals surface area contributed by atoms with Gasteiger partial charge in [0, 0.05) is 23.4 Å². The van der Waals surface area contributed by atoms with E-state index in [-0.39, 0.29) is 17.8 Å². The standard InChI is InChI=1S/C17H20FNO4/c18-15-10-12(8-7-11(15)4-3-9-20)19-16(21)13-5-1-2-6-14(13)17(22)23/h5-8,10,17,20,22-23H,1-4,9H2,(H,19,21). The summed E-state index contributed by atoms with van der Waals surface area (Å²) in [4.78, 5) is 12.3. The molecule has 0 spiro atoms. The first-order valence-corrected chi connectivity index (χ1v) is 7.50. The zero-order valence-electron chi connectivity index (χ0n) is 12.6. The van der Waals surface area contributed by atoms with Crippen molar-refractivity contribution in [3.63, 3.8) is 0 Å². The summed E-state index contributed by atoms with van der Waals surface area (Å²) >= 11 is 0. The van der Waals surface area contributed by atoms with Crippen LogP contribution in [0.4, 0.5) is 10.1 Å². The molecule has 4 N–H and O–H groups in total. The second-order valence-electron chi connectivity index (χ2n) is 5.32. The molecule has 1 aliphatic rings. The molecule has 0 saturated heterocycles. The molecule has 0 saturated carbocycles. The van der Waals surface area contributed by atoms with Gasteiger partial charge in [-0.25, -0.2) is 4.39 Å². The van der Waals surface area contributed by atoms with E-state index in [2.05, 4.69) is 5.32 Å². The Morgan fingerprint density at radius 1 is 1.26 bits per heavy atom. The van der Waals surface area contributed by atoms with E-state index < -0.39 is 18.0 Å². The Morgan fingerprint density at radius 3 is 2.65 bits per heavy atom. The average molecular weight is 321 g/mol. The fourth-order valence-electron chi connectivity index (χ4n) is 2.46. The second-order valence-corrected chi connectivity index (χ2v) is 5.32. The molecule has 0 bridgehead atoms. The van der Waals surface area contributed by atoms with Crippen molar-refractivity contribution in [1.82, 2.24) is 0 Å². The van der Waals surface area contributed by atoms with Crippen molar-refractivity contribution in [2.24, 2.45) is 0 Å². The third-order valence-corrected chi connectivity index (χ3v) is 3.63. The molecule has 0 unspecified atom stereocenters. The highest BCUT2D eigenvalue weighted by Crippen LogP contribution is 2.23. The lowest BCUT2D eigenvalue weighted by Gasteiger charge is -2.17. The topological polar surface area (TPSA) is 89.8 Å². The summed E-state index contributed by atoms with van der Waals surface area (Å²) in [6.45, 7) is -0.00925. The molecular formula is C17H20FNO4. The Labute approximate surface area is 133 Å². The summed E-state index contributed by atoms with van der Waals surface area (Å²) in [6.07, 6.45) is 3.69. The van der Waals surface area contributed by atoms with Crippen LogP contribution in [0, 0.1) is 5.82 Å². The Morgan fingerprint density at radius 2 is 2.00 bits per heavy atom. The molecule has 0 atom stereocenters. The van der Waals surface area contributed by atoms with Crippen molar-refractivity contribution in [2.75, 3.05) is 11.9 Å². The smallest absolute Gasteiger partial charge is 0.255 e. The van der Waals surface area contributed by atoms with Crippen LogP contribution in [0.3, 0.4) is 0 Å². The number of aliphatic hydroxyl groups excluding tert-OH is 2. The molecule has 0 fully saturated rings. The Hall–Kier alpha value is -2.02. The number of hydrogen-bond acceptors (Lipinski definition) is 4. The highest BCUT2D eigenvalue weighted by atomic mass is 19.1. The monoisotopic (exact) mass is 321 g/mol. The fraction of sp³-hybridized carbons (Fsp3) is 0.353. The minimum Gasteiger partial charge on any atom is -0.396 e. The van der Waals surface area contributed by atoms with Crippen molar-refractivity contribution in [2.45, 2.75) is 32.0 Å². The van der Waals surface area contributed by atoms with Gasteiger partial charge in [-0.3, -0.25) is 4.79 Å². The minimum absolute atomic E-state index is 0.00925. The first-order valence-electron chi connectivity index (χ1n) is 7.50. The number of allylic oxidation sites excluding steroid dienone is 2. The molecule has 6 heteroatoms. The van der Waals surface area contributed by atoms with Gasteiger partial charge >= 0.3 is 0 Å². The number of benzene rings is 1. The number of hydrogen-bond donors (Lipinski definition) is 4. The molecular weight excluding hydrogens is 301 g/mol. The van der Waals surface area contributed by atoms with Crippen LogP contribution in [0.15, 0.2) is 41.5 Å². The van der Waals surface area contributed by atoms with E-state index in [0.29, 0.717) is 36.9 Å². The van der Waals surface area contributed by atoms with Crippen LogP contribution in [-0.2, 0) is 11.2 Å². The third kappa shape index (κ3) is 4.48. The lowest BCUT2D eigenvalue weighted by molar-refractivity contribution is -0.113. The number of rotatable bonds is 6. The maximum absolute atomic E-state index is 13.9. The summed E-state index contributed by atoms with van der Waals surface area (Å²) in [7, 11) is 0. The molecule has 23 heavy (non-hydrogen) atoms. The van der Waals surface area contributed by atoms with Crippen LogP contribution in [0.2, 0.25) is 0 Å². The maximum Gasteiger partial charge on any atom is 0.255 e. The van der Waals surface area contributed by atoms with Gasteiger partial charge < -0.3 is 20.6 Å². The van der Waals surface area contributed by atoms with E-state index in [1.807, 2.05) is 0 Å². The number of anilines is 1. The third-order valence-electron chi connectivity index (χ3n) is 3.63. The molecule has 0 aliphatic heterocycles. The maximum atomic E-state index is 13.9. The SMILES string of the molecule is O=C(Nc1ccc(CCCO)c(F)c1)C1=CCCC=C1C(O)O. The highest BCUT2D eigenvalue weighted by molar-refractivity contribution is 6.07. The summed E-state index contributed by atoms with van der Waals surface area (Å²) in [5.74, 6) is -0.960. The fourth-order valence-corrected chi connectivity index (χ4v) is 2.46. The normalized spacial score (nSPS) is 14.5. The van der Waals surface area contributed by atoms with Gasteiger partial charge in [0.1, 0.15) is 5.82 Å². The Bertz CT molecular complexity index is 637. The lowest BCUT2D eigenvalue weighted by atomic mass is 9.96. The van der Waals surface area contributed by atoms with Crippen molar-refractivity contribution in [3.8, 4) is 0 Å². The van der Waals surface area contributed by atoms with Crippen LogP contribution in [0.5, 0.6) is 0 Å². The first kappa shape index (κ1) is 17.3. The zero-order chi connectivity index (χ0) is 16.8. The van der Waals surface area contributed by atoms with Crippen LogP contribution in [-0.4, -0.2) is 34.1 Å². The molecule has 1 amide bonds. The van der Waals surface area contributed by atoms with E-state index in [4.69, 9.17) is 5.11 Å². The number of nitrogens with one attached hydrogen (secondary N) is 1. The molecule has 5 nitrogen and oxygen atoms in total. The van der Waals surface area contributed by atoms with Gasteiger partial charge in [0.15, 0.2) is 6.29 Å². The largest absolute Gasteiger partial charge is 0.396 e. The quantitative estimate of drug-likeness (QED) is 0.600. The van der Waals surface area contributed by atoms with Gasteiger partial charge in [0.2, 0.25) is 0 Å². The van der Waals surface area contributed by atoms with Crippen molar-refractivity contribution in [1.29, 1.82) is 0 Å². The summed E-state index contributed by atoms with van der Waals surface area (Å²) in [5, 5.41) is 30.0. The summed E-state index contributed by atoms with van der Waals surface area (Å²) in [6, 6.07) is 4.36. The summed E-state index contributed by atoms with van der Waals surface area (Å²) in [5.41, 5.74) is 1.11. The minimum atomic E-state index is -1.72. The van der Waals surface area contributed by atoms with E-state index >= 15 is 0 Å². The number of halogens is 1. The molecule has 0 aromatic heterocycles. The van der Waals surface area contributed by atoms with Crippen molar-refractivity contribution in [3.05, 3.63) is 52.9 Å². The number of aliphatic hydroxyl groups is 3. The number of amides is 1. The second kappa shape index (κ2) is 8.01. The van der Waals surface area contributed by atoms with Crippen LogP contribution in [0.25, 0.3) is 0 Å². The molecule has 1 aromatic rings. The van der Waals surface area contributed by atoms with Crippen LogP contribution in [0.1, 0.15) is 24.8 Å². The van der Waals surface area contributed by atoms with E-state index in [1.54, 1.807) is 24.3 Å². The van der Waals surface area contributed by atoms with Crippen molar-refractivity contribution < 1.29 is 24.5 Å².